The van der Waals surface area contributed by atoms with Crippen molar-refractivity contribution in [2.24, 2.45) is 11.8 Å². The minimum absolute atomic E-state index is 0.0219. The first kappa shape index (κ1) is 26.9. The van der Waals surface area contributed by atoms with Gasteiger partial charge in [-0.25, -0.2) is 0 Å². The van der Waals surface area contributed by atoms with Gasteiger partial charge < -0.3 is 25.2 Å². The SMILES string of the molecule is CC(C)CCN(C(=O)C1CCCC1)[C@@H]1CC(C(=O)NCCO)=C[C@H](Oc2ccccc2I)[C@H]1O. The van der Waals surface area contributed by atoms with Gasteiger partial charge in [0.2, 0.25) is 11.8 Å². The number of amides is 2. The Morgan fingerprint density at radius 3 is 2.59 bits per heavy atom. The summed E-state index contributed by atoms with van der Waals surface area (Å²) in [5, 5.41) is 23.3. The number of carbonyl (C=O) groups excluding carboxylic acids is 2. The molecule has 3 rings (SSSR count). The van der Waals surface area contributed by atoms with Crippen LogP contribution in [0.25, 0.3) is 0 Å². The lowest BCUT2D eigenvalue weighted by Crippen LogP contribution is -2.56. The Morgan fingerprint density at radius 2 is 1.94 bits per heavy atom. The predicted molar refractivity (Wildman–Crippen MR) is 139 cm³/mol. The largest absolute Gasteiger partial charge is 0.482 e. The minimum Gasteiger partial charge on any atom is -0.482 e. The Kier molecular flexibility index (Phi) is 10.2. The topological polar surface area (TPSA) is 99.1 Å². The van der Waals surface area contributed by atoms with E-state index in [1.165, 1.54) is 0 Å². The summed E-state index contributed by atoms with van der Waals surface area (Å²) in [7, 11) is 0. The van der Waals surface area contributed by atoms with E-state index in [0.29, 0.717) is 23.8 Å². The molecule has 1 saturated carbocycles. The van der Waals surface area contributed by atoms with Gasteiger partial charge in [-0.2, -0.15) is 0 Å². The number of nitrogens with one attached hydrogen (secondary N) is 1. The first-order chi connectivity index (χ1) is 16.3. The normalized spacial score (nSPS) is 23.0. The molecule has 34 heavy (non-hydrogen) atoms. The van der Waals surface area contributed by atoms with Crippen molar-refractivity contribution < 1.29 is 24.5 Å². The van der Waals surface area contributed by atoms with Crippen molar-refractivity contribution in [1.82, 2.24) is 10.2 Å². The lowest BCUT2D eigenvalue weighted by atomic mass is 9.87. The highest BCUT2D eigenvalue weighted by atomic mass is 127. The number of aliphatic hydroxyl groups excluding tert-OH is 2. The highest BCUT2D eigenvalue weighted by Crippen LogP contribution is 2.33. The van der Waals surface area contributed by atoms with Crippen LogP contribution in [0.1, 0.15) is 52.4 Å². The summed E-state index contributed by atoms with van der Waals surface area (Å²) in [4.78, 5) is 28.3. The molecule has 2 aliphatic rings. The summed E-state index contributed by atoms with van der Waals surface area (Å²) < 4.78 is 7.09. The summed E-state index contributed by atoms with van der Waals surface area (Å²) in [5.41, 5.74) is 0.466. The van der Waals surface area contributed by atoms with E-state index in [4.69, 9.17) is 9.84 Å². The van der Waals surface area contributed by atoms with Crippen LogP contribution >= 0.6 is 22.6 Å². The molecule has 2 aliphatic carbocycles. The summed E-state index contributed by atoms with van der Waals surface area (Å²) >= 11 is 2.18. The molecule has 188 valence electrons. The maximum atomic E-state index is 13.6. The number of nitrogens with zero attached hydrogens (tertiary/aromatic N) is 1. The monoisotopic (exact) mass is 584 g/mol. The molecule has 8 heteroatoms. The number of hydrogen-bond acceptors (Lipinski definition) is 5. The van der Waals surface area contributed by atoms with Crippen LogP contribution in [0.5, 0.6) is 5.75 Å². The Morgan fingerprint density at radius 1 is 1.24 bits per heavy atom. The zero-order valence-corrected chi connectivity index (χ0v) is 22.2. The van der Waals surface area contributed by atoms with Crippen LogP contribution in [0.4, 0.5) is 0 Å². The molecule has 0 heterocycles. The van der Waals surface area contributed by atoms with Crippen LogP contribution in [-0.2, 0) is 9.59 Å². The first-order valence-corrected chi connectivity index (χ1v) is 13.4. The average molecular weight is 584 g/mol. The van der Waals surface area contributed by atoms with Gasteiger partial charge in [-0.15, -0.1) is 0 Å². The number of aliphatic hydroxyl groups is 2. The van der Waals surface area contributed by atoms with Crippen molar-refractivity contribution in [3.63, 3.8) is 0 Å². The first-order valence-electron chi connectivity index (χ1n) is 12.3. The molecule has 1 aromatic carbocycles. The van der Waals surface area contributed by atoms with E-state index in [-0.39, 0.29) is 37.3 Å². The molecule has 0 aromatic heterocycles. The molecule has 2 amide bonds. The summed E-state index contributed by atoms with van der Waals surface area (Å²) in [5.74, 6) is 0.772. The van der Waals surface area contributed by atoms with Crippen molar-refractivity contribution in [1.29, 1.82) is 0 Å². The smallest absolute Gasteiger partial charge is 0.247 e. The molecular formula is C26H37IN2O5. The van der Waals surface area contributed by atoms with Gasteiger partial charge in [0.25, 0.3) is 0 Å². The van der Waals surface area contributed by atoms with Crippen LogP contribution < -0.4 is 10.1 Å². The second kappa shape index (κ2) is 12.9. The highest BCUT2D eigenvalue weighted by Gasteiger charge is 2.42. The van der Waals surface area contributed by atoms with Gasteiger partial charge in [0.1, 0.15) is 18.0 Å². The maximum Gasteiger partial charge on any atom is 0.247 e. The van der Waals surface area contributed by atoms with Crippen molar-refractivity contribution in [3.8, 4) is 5.75 Å². The third kappa shape index (κ3) is 6.95. The average Bonchev–Trinajstić information content (AvgIpc) is 3.35. The number of hydrogen-bond donors (Lipinski definition) is 3. The van der Waals surface area contributed by atoms with Crippen molar-refractivity contribution in [2.75, 3.05) is 19.7 Å². The van der Waals surface area contributed by atoms with Gasteiger partial charge in [-0.1, -0.05) is 38.8 Å². The lowest BCUT2D eigenvalue weighted by molar-refractivity contribution is -0.143. The lowest BCUT2D eigenvalue weighted by Gasteiger charge is -2.41. The van der Waals surface area contributed by atoms with E-state index >= 15 is 0 Å². The Bertz CT molecular complexity index is 869. The zero-order valence-electron chi connectivity index (χ0n) is 20.1. The van der Waals surface area contributed by atoms with Gasteiger partial charge in [-0.3, -0.25) is 9.59 Å². The fourth-order valence-electron chi connectivity index (χ4n) is 4.71. The molecule has 3 atom stereocenters. The number of para-hydroxylation sites is 1. The zero-order chi connectivity index (χ0) is 24.7. The molecule has 0 radical (unpaired) electrons. The Hall–Kier alpha value is -1.65. The van der Waals surface area contributed by atoms with Crippen LogP contribution in [0.15, 0.2) is 35.9 Å². The second-order valence-corrected chi connectivity index (χ2v) is 10.8. The standard InChI is InChI=1S/C26H37IN2O5/c1-17(2)11-13-29(26(33)18-7-3-4-8-18)21-15-19(25(32)28-12-14-30)16-23(24(21)31)34-22-10-6-5-9-20(22)27/h5-6,9-10,16-18,21,23-24,30-31H,3-4,7-8,11-15H2,1-2H3,(H,28,32)/t21-,23+,24+/m1/s1. The molecule has 0 aliphatic heterocycles. The second-order valence-electron chi connectivity index (χ2n) is 9.64. The predicted octanol–water partition coefficient (Wildman–Crippen LogP) is 3.27. The number of rotatable bonds is 10. The van der Waals surface area contributed by atoms with Crippen LogP contribution in [-0.4, -0.2) is 64.9 Å². The molecule has 0 unspecified atom stereocenters. The maximum absolute atomic E-state index is 13.6. The number of carbonyl (C=O) groups is 2. The molecule has 0 saturated heterocycles. The molecule has 0 spiro atoms. The molecule has 0 bridgehead atoms. The summed E-state index contributed by atoms with van der Waals surface area (Å²) in [6.45, 7) is 4.76. The van der Waals surface area contributed by atoms with Crippen molar-refractivity contribution in [2.45, 2.75) is 70.6 Å². The van der Waals surface area contributed by atoms with Crippen LogP contribution in [0.2, 0.25) is 0 Å². The van der Waals surface area contributed by atoms with Crippen molar-refractivity contribution >= 4 is 34.4 Å². The van der Waals surface area contributed by atoms with Gasteiger partial charge in [-0.05, 0) is 66.0 Å². The summed E-state index contributed by atoms with van der Waals surface area (Å²) in [6, 6.07) is 6.96. The molecular weight excluding hydrogens is 547 g/mol. The fourth-order valence-corrected chi connectivity index (χ4v) is 5.23. The van der Waals surface area contributed by atoms with Crippen molar-refractivity contribution in [3.05, 3.63) is 39.5 Å². The fraction of sp³-hybridized carbons (Fsp3) is 0.615. The minimum atomic E-state index is -0.970. The van der Waals surface area contributed by atoms with Gasteiger partial charge in [0, 0.05) is 31.0 Å². The van der Waals surface area contributed by atoms with Crippen LogP contribution in [0, 0.1) is 15.4 Å². The van der Waals surface area contributed by atoms with E-state index < -0.39 is 18.2 Å². The molecule has 1 fully saturated rings. The van der Waals surface area contributed by atoms with E-state index in [0.717, 1.165) is 35.7 Å². The summed E-state index contributed by atoms with van der Waals surface area (Å²) in [6.07, 6.45) is 4.84. The van der Waals surface area contributed by atoms with Crippen LogP contribution in [0.3, 0.4) is 0 Å². The van der Waals surface area contributed by atoms with E-state index in [9.17, 15) is 14.7 Å². The van der Waals surface area contributed by atoms with E-state index in [2.05, 4.69) is 41.8 Å². The molecule has 1 aromatic rings. The van der Waals surface area contributed by atoms with Gasteiger partial charge in [0.15, 0.2) is 0 Å². The quantitative estimate of drug-likeness (QED) is 0.367. The Labute approximate surface area is 216 Å². The number of halogens is 1. The third-order valence-electron chi connectivity index (χ3n) is 6.65. The van der Waals surface area contributed by atoms with Gasteiger partial charge >= 0.3 is 0 Å². The molecule has 3 N–H and O–H groups in total. The third-order valence-corrected chi connectivity index (χ3v) is 7.54. The number of ether oxygens (including phenoxy) is 1. The number of benzene rings is 1. The highest BCUT2D eigenvalue weighted by molar-refractivity contribution is 14.1. The van der Waals surface area contributed by atoms with E-state index in [1.807, 2.05) is 29.2 Å². The molecule has 7 nitrogen and oxygen atoms in total. The van der Waals surface area contributed by atoms with E-state index in [1.54, 1.807) is 6.08 Å². The Balaban J connectivity index is 1.92. The van der Waals surface area contributed by atoms with Gasteiger partial charge in [0.05, 0.1) is 16.2 Å².